The Morgan fingerprint density at radius 3 is 1.29 bits per heavy atom. The largest absolute Gasteiger partial charge is 0.394 e. The Morgan fingerprint density at radius 2 is 0.863 bits per heavy atom. The molecule has 0 aliphatic rings. The van der Waals surface area contributed by atoms with Crippen molar-refractivity contribution in [2.45, 2.75) is 238 Å². The van der Waals surface area contributed by atoms with E-state index >= 15 is 0 Å². The summed E-state index contributed by atoms with van der Waals surface area (Å²) in [5, 5.41) is 23.0. The van der Waals surface area contributed by atoms with Crippen molar-refractivity contribution in [3.63, 3.8) is 0 Å². The second-order valence-electron chi connectivity index (χ2n) is 15.1. The number of allylic oxidation sites excluding steroid dienone is 7. The van der Waals surface area contributed by atoms with Gasteiger partial charge in [-0.25, -0.2) is 0 Å². The van der Waals surface area contributed by atoms with Crippen molar-refractivity contribution in [2.75, 3.05) is 6.61 Å². The maximum absolute atomic E-state index is 12.3. The molecule has 0 radical (unpaired) electrons. The third-order valence-corrected chi connectivity index (χ3v) is 10.1. The average molecular weight is 714 g/mol. The fraction of sp³-hybridized carbons (Fsp3) is 0.809. The van der Waals surface area contributed by atoms with Crippen LogP contribution < -0.4 is 5.32 Å². The van der Waals surface area contributed by atoms with Crippen LogP contribution in [0.3, 0.4) is 0 Å². The summed E-state index contributed by atoms with van der Waals surface area (Å²) in [6.07, 6.45) is 58.1. The number of nitrogens with one attached hydrogen (secondary N) is 1. The highest BCUT2D eigenvalue weighted by atomic mass is 16.3. The predicted molar refractivity (Wildman–Crippen MR) is 225 cm³/mol. The SMILES string of the molecule is CC/C=C\C/C=C\C/C=C\CCCCCC(=O)NC(CO)C(O)/C=C/CCCCCCCCCCCCCCCCCCCCCCCCCC. The normalized spacial score (nSPS) is 13.4. The quantitative estimate of drug-likeness (QED) is 0.0437. The van der Waals surface area contributed by atoms with Gasteiger partial charge in [0.25, 0.3) is 0 Å². The molecule has 3 N–H and O–H groups in total. The van der Waals surface area contributed by atoms with E-state index in [1.165, 1.54) is 148 Å². The lowest BCUT2D eigenvalue weighted by Crippen LogP contribution is -2.45. The number of unbranched alkanes of at least 4 members (excludes halogenated alkanes) is 27. The van der Waals surface area contributed by atoms with Gasteiger partial charge in [0, 0.05) is 6.42 Å². The summed E-state index contributed by atoms with van der Waals surface area (Å²) in [6.45, 7) is 4.18. The third-order valence-electron chi connectivity index (χ3n) is 10.1. The zero-order valence-electron chi connectivity index (χ0n) is 34.1. The fourth-order valence-electron chi connectivity index (χ4n) is 6.66. The molecule has 4 heteroatoms. The Bertz CT molecular complexity index is 816. The molecule has 0 spiro atoms. The van der Waals surface area contributed by atoms with E-state index in [1.54, 1.807) is 6.08 Å². The molecule has 0 fully saturated rings. The van der Waals surface area contributed by atoms with Crippen LogP contribution in [0.25, 0.3) is 0 Å². The van der Waals surface area contributed by atoms with Gasteiger partial charge in [-0.1, -0.05) is 217 Å². The van der Waals surface area contributed by atoms with Crippen molar-refractivity contribution in [3.8, 4) is 0 Å². The van der Waals surface area contributed by atoms with Crippen molar-refractivity contribution in [1.82, 2.24) is 5.32 Å². The molecular formula is C47H87NO3. The molecule has 0 heterocycles. The molecule has 0 aromatic carbocycles. The zero-order valence-corrected chi connectivity index (χ0v) is 34.1. The van der Waals surface area contributed by atoms with E-state index in [1.807, 2.05) is 6.08 Å². The molecule has 0 bridgehead atoms. The molecule has 0 aromatic heterocycles. The second kappa shape index (κ2) is 42.8. The van der Waals surface area contributed by atoms with E-state index in [0.717, 1.165) is 57.8 Å². The molecule has 0 aliphatic carbocycles. The molecule has 4 nitrogen and oxygen atoms in total. The summed E-state index contributed by atoms with van der Waals surface area (Å²) in [5.41, 5.74) is 0. The lowest BCUT2D eigenvalue weighted by atomic mass is 10.0. The first kappa shape index (κ1) is 49.4. The van der Waals surface area contributed by atoms with Crippen LogP contribution in [0.5, 0.6) is 0 Å². The van der Waals surface area contributed by atoms with Gasteiger partial charge in [0.2, 0.25) is 5.91 Å². The lowest BCUT2D eigenvalue weighted by molar-refractivity contribution is -0.123. The maximum atomic E-state index is 12.3. The molecule has 0 aliphatic heterocycles. The number of aliphatic hydroxyl groups is 2. The van der Waals surface area contributed by atoms with Crippen molar-refractivity contribution in [2.24, 2.45) is 0 Å². The smallest absolute Gasteiger partial charge is 0.220 e. The van der Waals surface area contributed by atoms with Crippen LogP contribution in [0, 0.1) is 0 Å². The third kappa shape index (κ3) is 39.4. The summed E-state index contributed by atoms with van der Waals surface area (Å²) in [7, 11) is 0. The molecule has 2 atom stereocenters. The van der Waals surface area contributed by atoms with Gasteiger partial charge in [-0.05, 0) is 51.4 Å². The number of amides is 1. The molecule has 0 rings (SSSR count). The first-order chi connectivity index (χ1) is 25.2. The summed E-state index contributed by atoms with van der Waals surface area (Å²) in [6, 6.07) is -0.638. The molecular weight excluding hydrogens is 627 g/mol. The maximum Gasteiger partial charge on any atom is 0.220 e. The van der Waals surface area contributed by atoms with Gasteiger partial charge < -0.3 is 15.5 Å². The van der Waals surface area contributed by atoms with Crippen LogP contribution in [0.1, 0.15) is 226 Å². The predicted octanol–water partition coefficient (Wildman–Crippen LogP) is 14.0. The molecule has 0 saturated heterocycles. The minimum atomic E-state index is -0.852. The highest BCUT2D eigenvalue weighted by Crippen LogP contribution is 2.16. The van der Waals surface area contributed by atoms with Gasteiger partial charge in [0.05, 0.1) is 18.8 Å². The van der Waals surface area contributed by atoms with E-state index in [0.29, 0.717) is 6.42 Å². The number of aliphatic hydroxyl groups excluding tert-OH is 2. The highest BCUT2D eigenvalue weighted by molar-refractivity contribution is 5.76. The monoisotopic (exact) mass is 714 g/mol. The molecule has 2 unspecified atom stereocenters. The topological polar surface area (TPSA) is 69.6 Å². The van der Waals surface area contributed by atoms with E-state index < -0.39 is 12.1 Å². The molecule has 0 saturated carbocycles. The number of rotatable bonds is 40. The first-order valence-corrected chi connectivity index (χ1v) is 22.4. The Labute approximate surface area is 318 Å². The van der Waals surface area contributed by atoms with Crippen LogP contribution in [-0.4, -0.2) is 34.9 Å². The number of hydrogen-bond acceptors (Lipinski definition) is 3. The summed E-state index contributed by atoms with van der Waals surface area (Å²) >= 11 is 0. The molecule has 0 aromatic rings. The van der Waals surface area contributed by atoms with Crippen molar-refractivity contribution in [3.05, 3.63) is 48.6 Å². The Balaban J connectivity index is 3.53. The fourth-order valence-corrected chi connectivity index (χ4v) is 6.66. The van der Waals surface area contributed by atoms with Gasteiger partial charge in [-0.15, -0.1) is 0 Å². The summed E-state index contributed by atoms with van der Waals surface area (Å²) < 4.78 is 0. The summed E-state index contributed by atoms with van der Waals surface area (Å²) in [4.78, 5) is 12.3. The van der Waals surface area contributed by atoms with Crippen molar-refractivity contribution >= 4 is 5.91 Å². The number of hydrogen-bond donors (Lipinski definition) is 3. The van der Waals surface area contributed by atoms with Gasteiger partial charge in [-0.3, -0.25) is 4.79 Å². The van der Waals surface area contributed by atoms with Gasteiger partial charge in [-0.2, -0.15) is 0 Å². The minimum Gasteiger partial charge on any atom is -0.394 e. The summed E-state index contributed by atoms with van der Waals surface area (Å²) in [5.74, 6) is -0.0932. The Kier molecular flexibility index (Phi) is 41.4. The Hall–Kier alpha value is -1.65. The van der Waals surface area contributed by atoms with Gasteiger partial charge >= 0.3 is 0 Å². The van der Waals surface area contributed by atoms with Gasteiger partial charge in [0.1, 0.15) is 0 Å². The highest BCUT2D eigenvalue weighted by Gasteiger charge is 2.17. The molecule has 298 valence electrons. The Morgan fingerprint density at radius 1 is 0.490 bits per heavy atom. The lowest BCUT2D eigenvalue weighted by Gasteiger charge is -2.19. The van der Waals surface area contributed by atoms with E-state index in [-0.39, 0.29) is 12.5 Å². The van der Waals surface area contributed by atoms with E-state index in [2.05, 4.69) is 55.6 Å². The van der Waals surface area contributed by atoms with Crippen LogP contribution in [0.4, 0.5) is 0 Å². The van der Waals surface area contributed by atoms with Crippen LogP contribution in [0.2, 0.25) is 0 Å². The van der Waals surface area contributed by atoms with Crippen LogP contribution in [0.15, 0.2) is 48.6 Å². The molecule has 51 heavy (non-hydrogen) atoms. The van der Waals surface area contributed by atoms with E-state index in [4.69, 9.17) is 0 Å². The van der Waals surface area contributed by atoms with Gasteiger partial charge in [0.15, 0.2) is 0 Å². The van der Waals surface area contributed by atoms with E-state index in [9.17, 15) is 15.0 Å². The van der Waals surface area contributed by atoms with Crippen molar-refractivity contribution in [1.29, 1.82) is 0 Å². The standard InChI is InChI=1S/C47H87NO3/c1-3-5-7-9-11-13-15-17-18-19-20-21-22-23-24-25-26-27-28-29-31-32-34-36-38-40-42-46(50)45(44-49)48-47(51)43-41-39-37-35-33-30-16-14-12-10-8-6-4-2/h6,8,12,14,30,33,40,42,45-46,49-50H,3-5,7,9-11,13,15-29,31-32,34-39,41,43-44H2,1-2H3,(H,48,51)/b8-6-,14-12-,33-30-,42-40+. The average Bonchev–Trinajstić information content (AvgIpc) is 3.13. The molecule has 1 amide bonds. The van der Waals surface area contributed by atoms with Crippen LogP contribution in [-0.2, 0) is 4.79 Å². The van der Waals surface area contributed by atoms with Crippen molar-refractivity contribution < 1.29 is 15.0 Å². The minimum absolute atomic E-state index is 0.0932. The number of carbonyl (C=O) groups excluding carboxylic acids is 1. The van der Waals surface area contributed by atoms with Crippen LogP contribution >= 0.6 is 0 Å². The zero-order chi connectivity index (χ0) is 37.1. The second-order valence-corrected chi connectivity index (χ2v) is 15.1. The first-order valence-electron chi connectivity index (χ1n) is 22.4. The number of carbonyl (C=O) groups is 1.